The highest BCUT2D eigenvalue weighted by Crippen LogP contribution is 2.27. The van der Waals surface area contributed by atoms with Gasteiger partial charge in [-0.3, -0.25) is 5.43 Å². The van der Waals surface area contributed by atoms with Crippen LogP contribution in [0.2, 0.25) is 0 Å². The second-order valence-corrected chi connectivity index (χ2v) is 5.08. The highest BCUT2D eigenvalue weighted by molar-refractivity contribution is 7.80. The van der Waals surface area contributed by atoms with Crippen molar-refractivity contribution >= 4 is 23.5 Å². The van der Waals surface area contributed by atoms with Crippen LogP contribution < -0.4 is 20.2 Å². The van der Waals surface area contributed by atoms with Crippen LogP contribution in [0.1, 0.15) is 38.7 Å². The summed E-state index contributed by atoms with van der Waals surface area (Å²) < 4.78 is 10.8. The van der Waals surface area contributed by atoms with E-state index >= 15 is 0 Å². The zero-order valence-corrected chi connectivity index (χ0v) is 14.3. The molecular weight excluding hydrogens is 298 g/mol. The van der Waals surface area contributed by atoms with Gasteiger partial charge >= 0.3 is 0 Å². The van der Waals surface area contributed by atoms with Gasteiger partial charge in [0.05, 0.1) is 19.9 Å². The van der Waals surface area contributed by atoms with E-state index in [0.29, 0.717) is 17.5 Å². The Labute approximate surface area is 138 Å². The Kier molecular flexibility index (Phi) is 8.98. The second kappa shape index (κ2) is 10.8. The lowest BCUT2D eigenvalue weighted by molar-refractivity contribution is 0.311. The molecule has 5 nitrogen and oxygen atoms in total. The quantitative estimate of drug-likeness (QED) is 0.316. The van der Waals surface area contributed by atoms with Crippen LogP contribution in [-0.2, 0) is 0 Å². The van der Waals surface area contributed by atoms with E-state index in [1.165, 1.54) is 12.8 Å². The zero-order valence-electron chi connectivity index (χ0n) is 13.5. The van der Waals surface area contributed by atoms with E-state index in [1.54, 1.807) is 13.3 Å². The molecule has 0 unspecified atom stereocenters. The van der Waals surface area contributed by atoms with E-state index in [9.17, 15) is 0 Å². The van der Waals surface area contributed by atoms with Gasteiger partial charge in [0.25, 0.3) is 0 Å². The summed E-state index contributed by atoms with van der Waals surface area (Å²) in [7, 11) is 1.62. The standard InChI is InChI=1S/C16H25N3O2S/c1-4-6-7-10-17-16(22)19-18-12-13-8-9-14(21-5-2)15(11-13)20-3/h8-9,11-12H,4-7,10H2,1-3H3,(H2,17,19,22)/b18-12-. The molecule has 0 heterocycles. The average Bonchev–Trinajstić information content (AvgIpc) is 2.53. The van der Waals surface area contributed by atoms with Crippen molar-refractivity contribution < 1.29 is 9.47 Å². The van der Waals surface area contributed by atoms with Crippen LogP contribution in [0.5, 0.6) is 11.5 Å². The third-order valence-corrected chi connectivity index (χ3v) is 3.17. The summed E-state index contributed by atoms with van der Waals surface area (Å²) in [6.07, 6.45) is 5.20. The van der Waals surface area contributed by atoms with E-state index in [2.05, 4.69) is 22.8 Å². The maximum atomic E-state index is 5.47. The third-order valence-electron chi connectivity index (χ3n) is 2.93. The molecule has 0 fully saturated rings. The van der Waals surface area contributed by atoms with E-state index in [0.717, 1.165) is 24.3 Å². The van der Waals surface area contributed by atoms with Gasteiger partial charge < -0.3 is 14.8 Å². The number of hydrazone groups is 1. The van der Waals surface area contributed by atoms with Crippen molar-refractivity contribution in [1.82, 2.24) is 10.7 Å². The molecule has 0 atom stereocenters. The largest absolute Gasteiger partial charge is 0.493 e. The van der Waals surface area contributed by atoms with Crippen LogP contribution in [0.15, 0.2) is 23.3 Å². The van der Waals surface area contributed by atoms with Crippen LogP contribution in [-0.4, -0.2) is 31.6 Å². The summed E-state index contributed by atoms with van der Waals surface area (Å²) in [6, 6.07) is 5.65. The fourth-order valence-corrected chi connectivity index (χ4v) is 1.98. The van der Waals surface area contributed by atoms with E-state index in [4.69, 9.17) is 21.7 Å². The average molecular weight is 323 g/mol. The highest BCUT2D eigenvalue weighted by atomic mass is 32.1. The zero-order chi connectivity index (χ0) is 16.2. The summed E-state index contributed by atoms with van der Waals surface area (Å²) in [5.74, 6) is 1.41. The minimum Gasteiger partial charge on any atom is -0.493 e. The lowest BCUT2D eigenvalue weighted by Gasteiger charge is -2.09. The van der Waals surface area contributed by atoms with Gasteiger partial charge in [-0.25, -0.2) is 0 Å². The van der Waals surface area contributed by atoms with Gasteiger partial charge in [0.15, 0.2) is 16.6 Å². The van der Waals surface area contributed by atoms with Gasteiger partial charge in [-0.1, -0.05) is 19.8 Å². The molecule has 0 aliphatic rings. The van der Waals surface area contributed by atoms with Crippen molar-refractivity contribution in [2.45, 2.75) is 33.1 Å². The van der Waals surface area contributed by atoms with Crippen LogP contribution >= 0.6 is 12.2 Å². The lowest BCUT2D eigenvalue weighted by atomic mass is 10.2. The first-order chi connectivity index (χ1) is 10.7. The molecular formula is C16H25N3O2S. The SMILES string of the molecule is CCCCCNC(=S)N/N=C\c1ccc(OCC)c(OC)c1. The fourth-order valence-electron chi connectivity index (χ4n) is 1.82. The number of ether oxygens (including phenoxy) is 2. The number of hydrogen-bond acceptors (Lipinski definition) is 4. The molecule has 1 aromatic rings. The first-order valence-corrected chi connectivity index (χ1v) is 7.99. The molecule has 0 bridgehead atoms. The number of thiocarbonyl (C=S) groups is 1. The fraction of sp³-hybridized carbons (Fsp3) is 0.500. The minimum atomic E-state index is 0.533. The molecule has 6 heteroatoms. The Morgan fingerprint density at radius 1 is 1.27 bits per heavy atom. The molecule has 0 radical (unpaired) electrons. The van der Waals surface area contributed by atoms with Crippen molar-refractivity contribution in [3.8, 4) is 11.5 Å². The lowest BCUT2D eigenvalue weighted by Crippen LogP contribution is -2.32. The predicted molar refractivity (Wildman–Crippen MR) is 95.0 cm³/mol. The molecule has 122 valence electrons. The maximum Gasteiger partial charge on any atom is 0.186 e. The van der Waals surface area contributed by atoms with Crippen LogP contribution in [0.25, 0.3) is 0 Å². The topological polar surface area (TPSA) is 54.9 Å². The molecule has 0 saturated heterocycles. The molecule has 22 heavy (non-hydrogen) atoms. The van der Waals surface area contributed by atoms with Gasteiger partial charge in [-0.15, -0.1) is 0 Å². The predicted octanol–water partition coefficient (Wildman–Crippen LogP) is 3.08. The molecule has 1 aromatic carbocycles. The molecule has 0 amide bonds. The van der Waals surface area contributed by atoms with Crippen molar-refractivity contribution in [2.24, 2.45) is 5.10 Å². The maximum absolute atomic E-state index is 5.47. The number of hydrogen-bond donors (Lipinski definition) is 2. The summed E-state index contributed by atoms with van der Waals surface area (Å²) >= 11 is 5.14. The van der Waals surface area contributed by atoms with Crippen LogP contribution in [0.3, 0.4) is 0 Å². The van der Waals surface area contributed by atoms with Crippen LogP contribution in [0, 0.1) is 0 Å². The molecule has 0 saturated carbocycles. The Morgan fingerprint density at radius 2 is 2.09 bits per heavy atom. The van der Waals surface area contributed by atoms with E-state index < -0.39 is 0 Å². The van der Waals surface area contributed by atoms with Gasteiger partial charge in [0, 0.05) is 6.54 Å². The highest BCUT2D eigenvalue weighted by Gasteiger charge is 2.03. The van der Waals surface area contributed by atoms with Crippen molar-refractivity contribution in [1.29, 1.82) is 0 Å². The summed E-state index contributed by atoms with van der Waals surface area (Å²) in [6.45, 7) is 5.58. The number of nitrogens with one attached hydrogen (secondary N) is 2. The molecule has 2 N–H and O–H groups in total. The van der Waals surface area contributed by atoms with Crippen molar-refractivity contribution in [3.63, 3.8) is 0 Å². The first kappa shape index (κ1) is 18.2. The molecule has 0 spiro atoms. The number of benzene rings is 1. The monoisotopic (exact) mass is 323 g/mol. The first-order valence-electron chi connectivity index (χ1n) is 7.59. The van der Waals surface area contributed by atoms with E-state index in [-0.39, 0.29) is 0 Å². The number of nitrogens with zero attached hydrogens (tertiary/aromatic N) is 1. The normalized spacial score (nSPS) is 10.5. The van der Waals surface area contributed by atoms with Crippen molar-refractivity contribution in [2.75, 3.05) is 20.3 Å². The smallest absolute Gasteiger partial charge is 0.186 e. The number of rotatable bonds is 9. The second-order valence-electron chi connectivity index (χ2n) is 4.68. The Morgan fingerprint density at radius 3 is 2.77 bits per heavy atom. The Balaban J connectivity index is 2.47. The Hall–Kier alpha value is -1.82. The molecule has 1 rings (SSSR count). The summed E-state index contributed by atoms with van der Waals surface area (Å²) in [4.78, 5) is 0. The van der Waals surface area contributed by atoms with E-state index in [1.807, 2.05) is 25.1 Å². The minimum absolute atomic E-state index is 0.533. The van der Waals surface area contributed by atoms with Gasteiger partial charge in [-0.05, 0) is 49.3 Å². The third kappa shape index (κ3) is 6.76. The summed E-state index contributed by atoms with van der Waals surface area (Å²) in [5.41, 5.74) is 3.71. The van der Waals surface area contributed by atoms with Crippen LogP contribution in [0.4, 0.5) is 0 Å². The van der Waals surface area contributed by atoms with Gasteiger partial charge in [0.1, 0.15) is 0 Å². The van der Waals surface area contributed by atoms with Gasteiger partial charge in [-0.2, -0.15) is 5.10 Å². The number of methoxy groups -OCH3 is 1. The van der Waals surface area contributed by atoms with Crippen molar-refractivity contribution in [3.05, 3.63) is 23.8 Å². The molecule has 0 aliphatic heterocycles. The number of unbranched alkanes of at least 4 members (excludes halogenated alkanes) is 2. The molecule has 0 aromatic heterocycles. The Bertz CT molecular complexity index is 492. The van der Waals surface area contributed by atoms with Gasteiger partial charge in [0.2, 0.25) is 0 Å². The molecule has 0 aliphatic carbocycles. The summed E-state index contributed by atoms with van der Waals surface area (Å²) in [5, 5.41) is 7.76.